The first-order valence-electron chi connectivity index (χ1n) is 9.49. The fourth-order valence-electron chi connectivity index (χ4n) is 2.44. The molecule has 3 N–H and O–H groups in total. The third-order valence-electron chi connectivity index (χ3n) is 3.77. The van der Waals surface area contributed by atoms with Crippen LogP contribution >= 0.6 is 24.0 Å². The molecule has 0 saturated heterocycles. The zero-order valence-corrected chi connectivity index (χ0v) is 20.7. The second-order valence-electron chi connectivity index (χ2n) is 8.26. The van der Waals surface area contributed by atoms with Crippen LogP contribution in [0.2, 0.25) is 0 Å². The topological polar surface area (TPSA) is 105 Å². The largest absolute Gasteiger partial charge is 0.444 e. The Labute approximate surface area is 195 Å². The second-order valence-corrected chi connectivity index (χ2v) is 8.26. The number of nitrogens with one attached hydrogen (secondary N) is 3. The molecule has 9 nitrogen and oxygen atoms in total. The number of halogens is 1. The van der Waals surface area contributed by atoms with E-state index in [1.165, 1.54) is 0 Å². The Morgan fingerprint density at radius 3 is 2.53 bits per heavy atom. The van der Waals surface area contributed by atoms with E-state index in [4.69, 9.17) is 4.74 Å². The van der Waals surface area contributed by atoms with Crippen molar-refractivity contribution in [3.05, 3.63) is 42.4 Å². The molecule has 0 atom stereocenters. The molecular weight excluding hydrogens is 497 g/mol. The number of guanidine groups is 1. The van der Waals surface area contributed by atoms with Crippen LogP contribution in [0.25, 0.3) is 5.82 Å². The van der Waals surface area contributed by atoms with Crippen LogP contribution in [-0.4, -0.2) is 51.5 Å². The Morgan fingerprint density at radius 2 is 1.93 bits per heavy atom. The predicted octanol–water partition coefficient (Wildman–Crippen LogP) is 2.85. The minimum Gasteiger partial charge on any atom is -0.444 e. The quantitative estimate of drug-likeness (QED) is 0.302. The Hall–Kier alpha value is -2.37. The van der Waals surface area contributed by atoms with Gasteiger partial charge in [-0.3, -0.25) is 4.99 Å². The van der Waals surface area contributed by atoms with Crippen molar-refractivity contribution >= 4 is 36.0 Å². The fraction of sp³-hybridized carbons (Fsp3) is 0.500. The van der Waals surface area contributed by atoms with E-state index in [-0.39, 0.29) is 24.0 Å². The van der Waals surface area contributed by atoms with Crippen molar-refractivity contribution in [3.63, 3.8) is 0 Å². The number of aliphatic imine (C=N–C) groups is 1. The zero-order chi connectivity index (χ0) is 21.5. The van der Waals surface area contributed by atoms with Crippen molar-refractivity contribution in [2.45, 2.75) is 52.3 Å². The summed E-state index contributed by atoms with van der Waals surface area (Å²) in [5.74, 6) is 1.38. The molecule has 0 fully saturated rings. The summed E-state index contributed by atoms with van der Waals surface area (Å²) >= 11 is 0. The highest BCUT2D eigenvalue weighted by Crippen LogP contribution is 2.09. The molecule has 0 aromatic carbocycles. The molecule has 2 aromatic heterocycles. The number of nitrogens with zero attached hydrogens (tertiary/aromatic N) is 4. The van der Waals surface area contributed by atoms with E-state index in [1.807, 2.05) is 59.0 Å². The van der Waals surface area contributed by atoms with E-state index in [0.717, 1.165) is 11.4 Å². The van der Waals surface area contributed by atoms with Crippen molar-refractivity contribution in [3.8, 4) is 5.82 Å². The summed E-state index contributed by atoms with van der Waals surface area (Å²) in [6.45, 7) is 10.4. The number of amides is 1. The lowest BCUT2D eigenvalue weighted by atomic mass is 10.1. The first-order chi connectivity index (χ1) is 13.6. The average Bonchev–Trinajstić information content (AvgIpc) is 3.14. The lowest BCUT2D eigenvalue weighted by Gasteiger charge is -2.29. The van der Waals surface area contributed by atoms with Gasteiger partial charge in [-0.25, -0.2) is 14.5 Å². The fourth-order valence-corrected chi connectivity index (χ4v) is 2.44. The van der Waals surface area contributed by atoms with Gasteiger partial charge in [0, 0.05) is 38.7 Å². The van der Waals surface area contributed by atoms with Gasteiger partial charge in [-0.15, -0.1) is 24.0 Å². The lowest BCUT2D eigenvalue weighted by Crippen LogP contribution is -2.54. The highest BCUT2D eigenvalue weighted by molar-refractivity contribution is 14.0. The summed E-state index contributed by atoms with van der Waals surface area (Å²) < 4.78 is 7.03. The number of pyridine rings is 1. The monoisotopic (exact) mass is 529 g/mol. The summed E-state index contributed by atoms with van der Waals surface area (Å²) in [6, 6.07) is 5.74. The van der Waals surface area contributed by atoms with Crippen molar-refractivity contribution in [2.24, 2.45) is 4.99 Å². The number of alkyl carbamates (subject to hydrolysis) is 1. The molecule has 30 heavy (non-hydrogen) atoms. The lowest BCUT2D eigenvalue weighted by molar-refractivity contribution is 0.0474. The first-order valence-corrected chi connectivity index (χ1v) is 9.49. The molecule has 2 aromatic rings. The molecule has 0 unspecified atom stereocenters. The van der Waals surface area contributed by atoms with Crippen LogP contribution in [0.3, 0.4) is 0 Å². The summed E-state index contributed by atoms with van der Waals surface area (Å²) in [5, 5.41) is 13.5. The van der Waals surface area contributed by atoms with Crippen molar-refractivity contribution in [1.29, 1.82) is 0 Å². The minimum absolute atomic E-state index is 0. The van der Waals surface area contributed by atoms with Crippen LogP contribution in [0.15, 0.2) is 41.8 Å². The third-order valence-corrected chi connectivity index (χ3v) is 3.77. The zero-order valence-electron chi connectivity index (χ0n) is 18.4. The molecule has 2 heterocycles. The van der Waals surface area contributed by atoms with Gasteiger partial charge in [0.25, 0.3) is 0 Å². The molecule has 166 valence electrons. The number of carbonyl (C=O) groups excluding carboxylic acids is 1. The first kappa shape index (κ1) is 25.7. The number of hydrogen-bond acceptors (Lipinski definition) is 5. The van der Waals surface area contributed by atoms with E-state index < -0.39 is 17.2 Å². The minimum atomic E-state index is -0.537. The molecule has 0 spiro atoms. The van der Waals surface area contributed by atoms with Gasteiger partial charge < -0.3 is 20.7 Å². The normalized spacial score (nSPS) is 12.0. The summed E-state index contributed by atoms with van der Waals surface area (Å²) in [5.41, 5.74) is -0.0196. The number of rotatable bonds is 6. The molecule has 0 aliphatic rings. The molecule has 0 aliphatic heterocycles. The average molecular weight is 529 g/mol. The molecule has 2 rings (SSSR count). The highest BCUT2D eigenvalue weighted by Gasteiger charge is 2.24. The smallest absolute Gasteiger partial charge is 0.408 e. The highest BCUT2D eigenvalue weighted by atomic mass is 127. The van der Waals surface area contributed by atoms with Crippen LogP contribution in [0.1, 0.15) is 40.2 Å². The molecule has 0 radical (unpaired) electrons. The van der Waals surface area contributed by atoms with E-state index >= 15 is 0 Å². The van der Waals surface area contributed by atoms with Gasteiger partial charge in [0.05, 0.1) is 5.54 Å². The van der Waals surface area contributed by atoms with Crippen LogP contribution < -0.4 is 16.0 Å². The van der Waals surface area contributed by atoms with Gasteiger partial charge in [-0.05, 0) is 58.4 Å². The molecular formula is C20H32IN7O2. The van der Waals surface area contributed by atoms with Gasteiger partial charge in [-0.1, -0.05) is 0 Å². The maximum atomic E-state index is 12.0. The summed E-state index contributed by atoms with van der Waals surface area (Å²) in [4.78, 5) is 20.6. The van der Waals surface area contributed by atoms with Crippen molar-refractivity contribution in [2.75, 3.05) is 13.6 Å². The van der Waals surface area contributed by atoms with Crippen LogP contribution in [0, 0.1) is 0 Å². The van der Waals surface area contributed by atoms with Gasteiger partial charge in [0.15, 0.2) is 11.8 Å². The third kappa shape index (κ3) is 8.97. The van der Waals surface area contributed by atoms with E-state index in [0.29, 0.717) is 19.0 Å². The second kappa shape index (κ2) is 11.1. The van der Waals surface area contributed by atoms with Crippen LogP contribution in [0.4, 0.5) is 4.79 Å². The predicted molar refractivity (Wildman–Crippen MR) is 128 cm³/mol. The van der Waals surface area contributed by atoms with Gasteiger partial charge in [0.2, 0.25) is 0 Å². The van der Waals surface area contributed by atoms with Gasteiger partial charge >= 0.3 is 6.09 Å². The summed E-state index contributed by atoms with van der Waals surface area (Å²) in [6.07, 6.45) is 4.86. The number of aromatic nitrogens is 3. The SMILES string of the molecule is CN=C(NCc1ccnc(-n2cccn2)c1)NCC(C)(C)NC(=O)OC(C)(C)C.I. The van der Waals surface area contributed by atoms with E-state index in [1.54, 1.807) is 24.1 Å². The van der Waals surface area contributed by atoms with E-state index in [2.05, 4.69) is 31.0 Å². The Morgan fingerprint density at radius 1 is 1.20 bits per heavy atom. The van der Waals surface area contributed by atoms with Crippen molar-refractivity contribution < 1.29 is 9.53 Å². The van der Waals surface area contributed by atoms with Crippen LogP contribution in [-0.2, 0) is 11.3 Å². The maximum absolute atomic E-state index is 12.0. The van der Waals surface area contributed by atoms with Gasteiger partial charge in [0.1, 0.15) is 5.60 Å². The standard InChI is InChI=1S/C20H31N7O2.HI/c1-19(2,3)29-18(28)26-20(4,5)14-24-17(21-6)23-13-15-8-10-22-16(12-15)27-11-7-9-25-27;/h7-12H,13-14H2,1-6H3,(H,26,28)(H2,21,23,24);1H. The van der Waals surface area contributed by atoms with E-state index in [9.17, 15) is 4.79 Å². The Bertz CT molecular complexity index is 830. The molecule has 0 aliphatic carbocycles. The molecule has 1 amide bonds. The number of hydrogen-bond donors (Lipinski definition) is 3. The number of carbonyl (C=O) groups is 1. The molecule has 0 saturated carbocycles. The molecule has 0 bridgehead atoms. The molecule has 10 heteroatoms. The Kier molecular flexibility index (Phi) is 9.53. The van der Waals surface area contributed by atoms with Crippen LogP contribution in [0.5, 0.6) is 0 Å². The number of ether oxygens (including phenoxy) is 1. The van der Waals surface area contributed by atoms with Crippen molar-refractivity contribution in [1.82, 2.24) is 30.7 Å². The van der Waals surface area contributed by atoms with Gasteiger partial charge in [-0.2, -0.15) is 5.10 Å². The maximum Gasteiger partial charge on any atom is 0.408 e. The summed E-state index contributed by atoms with van der Waals surface area (Å²) in [7, 11) is 1.70. The Balaban J connectivity index is 0.00000450.